The number of ether oxygens (including phenoxy) is 2. The fraction of sp³-hybridized carbons (Fsp3) is 0.333. The number of hydrogen-bond donors (Lipinski definition) is 2. The summed E-state index contributed by atoms with van der Waals surface area (Å²) < 4.78 is 11.2. The van der Waals surface area contributed by atoms with Crippen molar-refractivity contribution < 1.29 is 14.3 Å². The zero-order chi connectivity index (χ0) is 16.8. The van der Waals surface area contributed by atoms with Gasteiger partial charge in [-0.05, 0) is 44.1 Å². The van der Waals surface area contributed by atoms with Crippen LogP contribution in [0.15, 0.2) is 48.7 Å². The van der Waals surface area contributed by atoms with Crippen molar-refractivity contribution in [2.24, 2.45) is 0 Å². The van der Waals surface area contributed by atoms with Crippen LogP contribution in [-0.2, 0) is 9.53 Å². The maximum absolute atomic E-state index is 12.6. The highest BCUT2D eigenvalue weighted by atomic mass is 16.5. The Hall–Kier alpha value is -2.44. The van der Waals surface area contributed by atoms with Gasteiger partial charge in [-0.1, -0.05) is 18.2 Å². The van der Waals surface area contributed by atoms with Gasteiger partial charge in [-0.25, -0.2) is 4.98 Å². The molecule has 2 aromatic rings. The highest BCUT2D eigenvalue weighted by Crippen LogP contribution is 2.25. The normalized spacial score (nSPS) is 16.4. The number of carbonyl (C=O) groups is 1. The Labute approximate surface area is 141 Å². The fourth-order valence-corrected chi connectivity index (χ4v) is 2.72. The second-order valence-electron chi connectivity index (χ2n) is 5.70. The number of piperidine rings is 1. The van der Waals surface area contributed by atoms with Crippen molar-refractivity contribution in [1.82, 2.24) is 10.3 Å². The van der Waals surface area contributed by atoms with Crippen molar-refractivity contribution in [1.29, 1.82) is 0 Å². The van der Waals surface area contributed by atoms with E-state index in [1.165, 1.54) is 0 Å². The van der Waals surface area contributed by atoms with E-state index < -0.39 is 5.60 Å². The van der Waals surface area contributed by atoms with Crippen LogP contribution in [0.25, 0.3) is 0 Å². The maximum Gasteiger partial charge on any atom is 0.256 e. The molecule has 0 spiro atoms. The lowest BCUT2D eigenvalue weighted by atomic mass is 9.91. The molecule has 0 saturated carbocycles. The minimum absolute atomic E-state index is 0.134. The van der Waals surface area contributed by atoms with Crippen molar-refractivity contribution >= 4 is 11.6 Å². The average Bonchev–Trinajstić information content (AvgIpc) is 2.64. The minimum atomic E-state index is -0.773. The van der Waals surface area contributed by atoms with Crippen LogP contribution in [-0.4, -0.2) is 36.7 Å². The molecule has 1 aromatic carbocycles. The molecule has 1 aliphatic heterocycles. The lowest BCUT2D eigenvalue weighted by Gasteiger charge is -2.34. The number of methoxy groups -OCH3 is 1. The van der Waals surface area contributed by atoms with Crippen LogP contribution in [0.4, 0.5) is 5.69 Å². The van der Waals surface area contributed by atoms with Gasteiger partial charge in [-0.2, -0.15) is 0 Å². The second kappa shape index (κ2) is 7.42. The second-order valence-corrected chi connectivity index (χ2v) is 5.70. The number of anilines is 1. The molecule has 0 bridgehead atoms. The molecule has 1 aliphatic rings. The predicted octanol–water partition coefficient (Wildman–Crippen LogP) is 2.58. The van der Waals surface area contributed by atoms with Crippen molar-refractivity contribution in [3.8, 4) is 11.6 Å². The van der Waals surface area contributed by atoms with Gasteiger partial charge in [0.15, 0.2) is 0 Å². The van der Waals surface area contributed by atoms with Crippen LogP contribution in [0.3, 0.4) is 0 Å². The van der Waals surface area contributed by atoms with Gasteiger partial charge in [0.05, 0.1) is 11.9 Å². The van der Waals surface area contributed by atoms with Crippen LogP contribution in [0.5, 0.6) is 11.6 Å². The summed E-state index contributed by atoms with van der Waals surface area (Å²) in [6.45, 7) is 1.53. The standard InChI is InChI=1S/C18H21N3O3/c1-23-18(9-11-19-12-10-18)17(22)21-14-7-8-16(20-13-14)24-15-5-3-2-4-6-15/h2-8,13,19H,9-12H2,1H3,(H,21,22). The summed E-state index contributed by atoms with van der Waals surface area (Å²) in [7, 11) is 1.58. The van der Waals surface area contributed by atoms with E-state index >= 15 is 0 Å². The fourth-order valence-electron chi connectivity index (χ4n) is 2.72. The van der Waals surface area contributed by atoms with Crippen molar-refractivity contribution in [2.75, 3.05) is 25.5 Å². The van der Waals surface area contributed by atoms with Gasteiger partial charge in [0.2, 0.25) is 5.88 Å². The molecule has 2 N–H and O–H groups in total. The average molecular weight is 327 g/mol. The van der Waals surface area contributed by atoms with Gasteiger partial charge in [-0.3, -0.25) is 4.79 Å². The Balaban J connectivity index is 1.64. The smallest absolute Gasteiger partial charge is 0.256 e. The molecule has 0 aliphatic carbocycles. The van der Waals surface area contributed by atoms with E-state index in [4.69, 9.17) is 9.47 Å². The highest BCUT2D eigenvalue weighted by molar-refractivity contribution is 5.97. The van der Waals surface area contributed by atoms with E-state index in [2.05, 4.69) is 15.6 Å². The first-order valence-electron chi connectivity index (χ1n) is 7.98. The van der Waals surface area contributed by atoms with Gasteiger partial charge in [-0.15, -0.1) is 0 Å². The molecular weight excluding hydrogens is 306 g/mol. The van der Waals surface area contributed by atoms with E-state index in [-0.39, 0.29) is 5.91 Å². The Morgan fingerprint density at radius 3 is 2.54 bits per heavy atom. The summed E-state index contributed by atoms with van der Waals surface area (Å²) >= 11 is 0. The van der Waals surface area contributed by atoms with E-state index in [0.29, 0.717) is 24.4 Å². The maximum atomic E-state index is 12.6. The Morgan fingerprint density at radius 2 is 1.92 bits per heavy atom. The van der Waals surface area contributed by atoms with Gasteiger partial charge in [0.1, 0.15) is 11.4 Å². The molecule has 2 heterocycles. The van der Waals surface area contributed by atoms with Crippen LogP contribution in [0.2, 0.25) is 0 Å². The topological polar surface area (TPSA) is 72.5 Å². The van der Waals surface area contributed by atoms with E-state index in [1.54, 1.807) is 25.4 Å². The lowest BCUT2D eigenvalue weighted by Crippen LogP contribution is -2.51. The van der Waals surface area contributed by atoms with Crippen LogP contribution >= 0.6 is 0 Å². The molecule has 1 saturated heterocycles. The Kier molecular flexibility index (Phi) is 5.08. The summed E-state index contributed by atoms with van der Waals surface area (Å²) in [5.74, 6) is 1.06. The quantitative estimate of drug-likeness (QED) is 0.883. The van der Waals surface area contributed by atoms with Gasteiger partial charge >= 0.3 is 0 Å². The number of carbonyl (C=O) groups excluding carboxylic acids is 1. The first-order valence-corrected chi connectivity index (χ1v) is 7.98. The number of amides is 1. The third kappa shape index (κ3) is 3.72. The Morgan fingerprint density at radius 1 is 1.17 bits per heavy atom. The molecule has 3 rings (SSSR count). The highest BCUT2D eigenvalue weighted by Gasteiger charge is 2.39. The molecule has 6 nitrogen and oxygen atoms in total. The summed E-state index contributed by atoms with van der Waals surface area (Å²) in [6.07, 6.45) is 2.89. The molecule has 0 atom stereocenters. The van der Waals surface area contributed by atoms with Crippen LogP contribution < -0.4 is 15.4 Å². The molecule has 0 unspecified atom stereocenters. The van der Waals surface area contributed by atoms with Gasteiger partial charge < -0.3 is 20.1 Å². The van der Waals surface area contributed by atoms with Gasteiger partial charge in [0.25, 0.3) is 5.91 Å². The predicted molar refractivity (Wildman–Crippen MR) is 91.2 cm³/mol. The first kappa shape index (κ1) is 16.4. The molecule has 126 valence electrons. The molecule has 1 fully saturated rings. The molecule has 1 aromatic heterocycles. The monoisotopic (exact) mass is 327 g/mol. The van der Waals surface area contributed by atoms with Crippen LogP contribution in [0, 0.1) is 0 Å². The number of nitrogens with one attached hydrogen (secondary N) is 2. The molecule has 24 heavy (non-hydrogen) atoms. The van der Waals surface area contributed by atoms with Gasteiger partial charge in [0, 0.05) is 13.2 Å². The molecule has 1 amide bonds. The largest absolute Gasteiger partial charge is 0.439 e. The van der Waals surface area contributed by atoms with Crippen molar-refractivity contribution in [3.05, 3.63) is 48.7 Å². The number of benzene rings is 1. The van der Waals surface area contributed by atoms with E-state index in [1.807, 2.05) is 30.3 Å². The lowest BCUT2D eigenvalue weighted by molar-refractivity contribution is -0.140. The third-order valence-electron chi connectivity index (χ3n) is 4.18. The zero-order valence-electron chi connectivity index (χ0n) is 13.6. The number of hydrogen-bond acceptors (Lipinski definition) is 5. The minimum Gasteiger partial charge on any atom is -0.439 e. The zero-order valence-corrected chi connectivity index (χ0v) is 13.6. The van der Waals surface area contributed by atoms with Crippen molar-refractivity contribution in [3.63, 3.8) is 0 Å². The summed E-state index contributed by atoms with van der Waals surface area (Å²) in [5.41, 5.74) is -0.153. The van der Waals surface area contributed by atoms with Crippen molar-refractivity contribution in [2.45, 2.75) is 18.4 Å². The number of pyridine rings is 1. The number of para-hydroxylation sites is 1. The van der Waals surface area contributed by atoms with E-state index in [9.17, 15) is 4.79 Å². The molecular formula is C18H21N3O3. The third-order valence-corrected chi connectivity index (χ3v) is 4.18. The molecule has 6 heteroatoms. The summed E-state index contributed by atoms with van der Waals surface area (Å²) in [6, 6.07) is 12.9. The number of rotatable bonds is 5. The SMILES string of the molecule is COC1(C(=O)Nc2ccc(Oc3ccccc3)nc2)CCNCC1. The number of nitrogens with zero attached hydrogens (tertiary/aromatic N) is 1. The summed E-state index contributed by atoms with van der Waals surface area (Å²) in [4.78, 5) is 16.8. The molecule has 0 radical (unpaired) electrons. The number of aromatic nitrogens is 1. The first-order chi connectivity index (χ1) is 11.7. The Bertz CT molecular complexity index is 668. The van der Waals surface area contributed by atoms with Crippen LogP contribution in [0.1, 0.15) is 12.8 Å². The van der Waals surface area contributed by atoms with E-state index in [0.717, 1.165) is 18.8 Å². The summed E-state index contributed by atoms with van der Waals surface area (Å²) in [5, 5.41) is 6.12.